The highest BCUT2D eigenvalue weighted by atomic mass is 35.5. The van der Waals surface area contributed by atoms with Gasteiger partial charge >= 0.3 is 5.97 Å². The van der Waals surface area contributed by atoms with Gasteiger partial charge in [0.2, 0.25) is 5.91 Å². The molecule has 4 rings (SSSR count). The van der Waals surface area contributed by atoms with E-state index in [1.54, 1.807) is 12.1 Å². The number of rotatable bonds is 3. The standard InChI is InChI=1S/C19H22Cl2N2O4/c1-10(24)27-14-5-12(6-14)22-8-13-4-11(7-23(13)17(26)9-22)18-16(25)3-2-15(20)19(18)21/h2-3,11-14,25H,4-9H2,1H3/t11-,12?,13-,14?/m0/s1. The number of benzene rings is 1. The smallest absolute Gasteiger partial charge is 0.302 e. The summed E-state index contributed by atoms with van der Waals surface area (Å²) in [7, 11) is 0. The highest BCUT2D eigenvalue weighted by Crippen LogP contribution is 2.44. The van der Waals surface area contributed by atoms with Gasteiger partial charge in [-0.2, -0.15) is 0 Å². The van der Waals surface area contributed by atoms with Crippen LogP contribution in [0.1, 0.15) is 37.7 Å². The zero-order valence-corrected chi connectivity index (χ0v) is 16.5. The van der Waals surface area contributed by atoms with Crippen molar-refractivity contribution < 1.29 is 19.4 Å². The molecular formula is C19H22Cl2N2O4. The van der Waals surface area contributed by atoms with Crippen LogP contribution in [0.2, 0.25) is 10.0 Å². The molecule has 0 aromatic heterocycles. The molecule has 2 aliphatic heterocycles. The molecule has 1 amide bonds. The first-order chi connectivity index (χ1) is 12.8. The third kappa shape index (κ3) is 3.50. The summed E-state index contributed by atoms with van der Waals surface area (Å²) >= 11 is 12.5. The molecule has 2 saturated heterocycles. The van der Waals surface area contributed by atoms with Gasteiger partial charge in [0.05, 0.1) is 16.6 Å². The Balaban J connectivity index is 1.44. The van der Waals surface area contributed by atoms with E-state index in [2.05, 4.69) is 4.90 Å². The Kier molecular flexibility index (Phi) is 4.99. The second-order valence-corrected chi connectivity index (χ2v) is 8.50. The number of amides is 1. The van der Waals surface area contributed by atoms with E-state index in [1.165, 1.54) is 6.92 Å². The molecule has 2 heterocycles. The fourth-order valence-electron chi connectivity index (χ4n) is 4.59. The maximum absolute atomic E-state index is 12.7. The molecule has 0 unspecified atom stereocenters. The van der Waals surface area contributed by atoms with Gasteiger partial charge in [0, 0.05) is 56.4 Å². The number of piperazine rings is 1. The Labute approximate surface area is 168 Å². The lowest BCUT2D eigenvalue weighted by atomic mass is 9.86. The van der Waals surface area contributed by atoms with Gasteiger partial charge in [-0.25, -0.2) is 0 Å². The first-order valence-electron chi connectivity index (χ1n) is 9.21. The Morgan fingerprint density at radius 2 is 1.93 bits per heavy atom. The van der Waals surface area contributed by atoms with Crippen molar-refractivity contribution in [3.63, 3.8) is 0 Å². The van der Waals surface area contributed by atoms with Gasteiger partial charge in [-0.1, -0.05) is 23.2 Å². The normalized spacial score (nSPS) is 30.8. The average molecular weight is 413 g/mol. The van der Waals surface area contributed by atoms with Gasteiger partial charge in [0.1, 0.15) is 11.9 Å². The number of aromatic hydroxyl groups is 1. The summed E-state index contributed by atoms with van der Waals surface area (Å²) in [5.41, 5.74) is 0.636. The number of carbonyl (C=O) groups excluding carboxylic acids is 2. The number of fused-ring (bicyclic) bond motifs is 1. The van der Waals surface area contributed by atoms with E-state index < -0.39 is 0 Å². The van der Waals surface area contributed by atoms with Crippen molar-refractivity contribution in [1.29, 1.82) is 0 Å². The Bertz CT molecular complexity index is 781. The SMILES string of the molecule is CC(=O)OC1CC(N2CC(=O)N3C[C@@H](c4c(O)ccc(Cl)c4Cl)C[C@H]3C2)C1. The Morgan fingerprint density at radius 3 is 2.63 bits per heavy atom. The van der Waals surface area contributed by atoms with Crippen LogP contribution in [0.25, 0.3) is 0 Å². The van der Waals surface area contributed by atoms with E-state index in [-0.39, 0.29) is 41.7 Å². The molecule has 0 bridgehead atoms. The van der Waals surface area contributed by atoms with Crippen molar-refractivity contribution in [2.24, 2.45) is 0 Å². The number of phenols is 1. The van der Waals surface area contributed by atoms with Crippen molar-refractivity contribution in [3.05, 3.63) is 27.7 Å². The highest BCUT2D eigenvalue weighted by Gasteiger charge is 2.46. The minimum absolute atomic E-state index is 0.0275. The predicted molar refractivity (Wildman–Crippen MR) is 101 cm³/mol. The lowest BCUT2D eigenvalue weighted by Crippen LogP contribution is -2.60. The van der Waals surface area contributed by atoms with Crippen LogP contribution in [0.15, 0.2) is 12.1 Å². The van der Waals surface area contributed by atoms with Crippen LogP contribution in [0.3, 0.4) is 0 Å². The number of carbonyl (C=O) groups is 2. The van der Waals surface area contributed by atoms with Crippen LogP contribution in [-0.2, 0) is 14.3 Å². The largest absolute Gasteiger partial charge is 0.508 e. The van der Waals surface area contributed by atoms with Gasteiger partial charge in [-0.3, -0.25) is 14.5 Å². The quantitative estimate of drug-likeness (QED) is 0.772. The summed E-state index contributed by atoms with van der Waals surface area (Å²) in [5.74, 6) is -0.0550. The molecule has 6 nitrogen and oxygen atoms in total. The molecule has 1 saturated carbocycles. The van der Waals surface area contributed by atoms with E-state index in [9.17, 15) is 14.7 Å². The van der Waals surface area contributed by atoms with Crippen LogP contribution in [-0.4, -0.2) is 64.6 Å². The topological polar surface area (TPSA) is 70.1 Å². The van der Waals surface area contributed by atoms with Crippen LogP contribution in [0, 0.1) is 0 Å². The van der Waals surface area contributed by atoms with Crippen molar-refractivity contribution in [3.8, 4) is 5.75 Å². The van der Waals surface area contributed by atoms with Gasteiger partial charge in [-0.05, 0) is 18.6 Å². The van der Waals surface area contributed by atoms with Crippen molar-refractivity contribution >= 4 is 35.1 Å². The van der Waals surface area contributed by atoms with E-state index in [1.807, 2.05) is 4.90 Å². The number of nitrogens with zero attached hydrogens (tertiary/aromatic N) is 2. The number of ether oxygens (including phenoxy) is 1. The molecule has 146 valence electrons. The molecule has 27 heavy (non-hydrogen) atoms. The second kappa shape index (κ2) is 7.15. The summed E-state index contributed by atoms with van der Waals surface area (Å²) in [5, 5.41) is 11.0. The van der Waals surface area contributed by atoms with Crippen molar-refractivity contribution in [2.75, 3.05) is 19.6 Å². The lowest BCUT2D eigenvalue weighted by molar-refractivity contribution is -0.157. The summed E-state index contributed by atoms with van der Waals surface area (Å²) in [4.78, 5) is 27.8. The minimum Gasteiger partial charge on any atom is -0.508 e. The van der Waals surface area contributed by atoms with Crippen LogP contribution >= 0.6 is 23.2 Å². The van der Waals surface area contributed by atoms with E-state index in [4.69, 9.17) is 27.9 Å². The van der Waals surface area contributed by atoms with Crippen LogP contribution < -0.4 is 0 Å². The van der Waals surface area contributed by atoms with Gasteiger partial charge < -0.3 is 14.7 Å². The van der Waals surface area contributed by atoms with E-state index >= 15 is 0 Å². The third-order valence-corrected chi connectivity index (χ3v) is 6.77. The zero-order valence-electron chi connectivity index (χ0n) is 15.0. The lowest BCUT2D eigenvalue weighted by Gasteiger charge is -2.46. The molecule has 8 heteroatoms. The highest BCUT2D eigenvalue weighted by molar-refractivity contribution is 6.42. The number of esters is 1. The Morgan fingerprint density at radius 1 is 1.19 bits per heavy atom. The number of hydrogen-bond acceptors (Lipinski definition) is 5. The first kappa shape index (κ1) is 18.8. The molecule has 1 aromatic rings. The van der Waals surface area contributed by atoms with Crippen LogP contribution in [0.5, 0.6) is 5.75 Å². The molecule has 1 aliphatic carbocycles. The number of phenolic OH excluding ortho intramolecular Hbond substituents is 1. The fraction of sp³-hybridized carbons (Fsp3) is 0.579. The molecular weight excluding hydrogens is 391 g/mol. The molecule has 3 fully saturated rings. The Hall–Kier alpha value is -1.50. The maximum atomic E-state index is 12.7. The molecule has 1 N–H and O–H groups in total. The zero-order chi connectivity index (χ0) is 19.3. The first-order valence-corrected chi connectivity index (χ1v) is 9.96. The molecule has 3 aliphatic rings. The molecule has 0 spiro atoms. The molecule has 0 radical (unpaired) electrons. The van der Waals surface area contributed by atoms with Gasteiger partial charge in [-0.15, -0.1) is 0 Å². The minimum atomic E-state index is -0.254. The van der Waals surface area contributed by atoms with E-state index in [0.29, 0.717) is 28.7 Å². The number of halogens is 2. The summed E-state index contributed by atoms with van der Waals surface area (Å²) in [6.07, 6.45) is 2.28. The fourth-order valence-corrected chi connectivity index (χ4v) is 5.07. The third-order valence-electron chi connectivity index (χ3n) is 5.96. The van der Waals surface area contributed by atoms with Crippen molar-refractivity contribution in [1.82, 2.24) is 9.80 Å². The van der Waals surface area contributed by atoms with Crippen molar-refractivity contribution in [2.45, 2.75) is 50.3 Å². The average Bonchev–Trinajstić information content (AvgIpc) is 2.98. The van der Waals surface area contributed by atoms with Crippen LogP contribution in [0.4, 0.5) is 0 Å². The monoisotopic (exact) mass is 412 g/mol. The molecule has 2 atom stereocenters. The predicted octanol–water partition coefficient (Wildman–Crippen LogP) is 2.79. The molecule has 1 aromatic carbocycles. The van der Waals surface area contributed by atoms with Gasteiger partial charge in [0.25, 0.3) is 0 Å². The van der Waals surface area contributed by atoms with E-state index in [0.717, 1.165) is 25.8 Å². The summed E-state index contributed by atoms with van der Waals surface area (Å²) < 4.78 is 5.22. The summed E-state index contributed by atoms with van der Waals surface area (Å²) in [6, 6.07) is 3.51. The van der Waals surface area contributed by atoms with Gasteiger partial charge in [0.15, 0.2) is 0 Å². The summed E-state index contributed by atoms with van der Waals surface area (Å²) in [6.45, 7) is 3.14. The maximum Gasteiger partial charge on any atom is 0.302 e. The second-order valence-electron chi connectivity index (χ2n) is 7.71. The number of hydrogen-bond donors (Lipinski definition) is 1.